The second-order valence-electron chi connectivity index (χ2n) is 5.61. The molecular weight excluding hydrogens is 285 g/mol. The molecule has 0 saturated heterocycles. The molecule has 2 aromatic rings. The van der Waals surface area contributed by atoms with Crippen molar-refractivity contribution in [1.82, 2.24) is 5.32 Å². The summed E-state index contributed by atoms with van der Waals surface area (Å²) in [5.74, 6) is 0.294. The lowest BCUT2D eigenvalue weighted by Crippen LogP contribution is -2.20. The number of benzene rings is 2. The molecule has 1 nitrogen and oxygen atoms in total. The molecular formula is C18H21ClFN. The van der Waals surface area contributed by atoms with Crippen LogP contribution >= 0.6 is 11.6 Å². The maximum Gasteiger partial charge on any atom is 0.128 e. The highest BCUT2D eigenvalue weighted by Crippen LogP contribution is 2.25. The van der Waals surface area contributed by atoms with Gasteiger partial charge in [-0.1, -0.05) is 49.7 Å². The molecule has 0 spiro atoms. The minimum Gasteiger partial charge on any atom is -0.313 e. The van der Waals surface area contributed by atoms with E-state index in [0.29, 0.717) is 16.5 Å². The maximum absolute atomic E-state index is 14.0. The summed E-state index contributed by atoms with van der Waals surface area (Å²) in [6.45, 7) is 4.35. The van der Waals surface area contributed by atoms with Crippen LogP contribution in [-0.4, -0.2) is 7.05 Å². The number of likely N-dealkylation sites (N-methyl/N-ethyl adjacent to an activating group) is 1. The third kappa shape index (κ3) is 4.05. The van der Waals surface area contributed by atoms with E-state index in [-0.39, 0.29) is 11.9 Å². The number of rotatable bonds is 5. The first kappa shape index (κ1) is 16.0. The monoisotopic (exact) mass is 305 g/mol. The molecule has 21 heavy (non-hydrogen) atoms. The van der Waals surface area contributed by atoms with Crippen LogP contribution in [0.2, 0.25) is 5.02 Å². The minimum atomic E-state index is -0.224. The molecule has 1 unspecified atom stereocenters. The smallest absolute Gasteiger partial charge is 0.128 e. The topological polar surface area (TPSA) is 12.0 Å². The molecule has 1 atom stereocenters. The van der Waals surface area contributed by atoms with Gasteiger partial charge < -0.3 is 5.32 Å². The minimum absolute atomic E-state index is 0.0893. The Hall–Kier alpha value is -1.38. The molecule has 2 aromatic carbocycles. The molecule has 0 amide bonds. The zero-order chi connectivity index (χ0) is 15.4. The average molecular weight is 306 g/mol. The van der Waals surface area contributed by atoms with E-state index in [9.17, 15) is 4.39 Å². The van der Waals surface area contributed by atoms with Crippen molar-refractivity contribution < 1.29 is 4.39 Å². The van der Waals surface area contributed by atoms with Gasteiger partial charge in [-0.2, -0.15) is 0 Å². The average Bonchev–Trinajstić information content (AvgIpc) is 2.48. The van der Waals surface area contributed by atoms with Crippen LogP contribution in [-0.2, 0) is 6.42 Å². The van der Waals surface area contributed by atoms with Crippen molar-refractivity contribution in [3.05, 3.63) is 70.0 Å². The van der Waals surface area contributed by atoms with Crippen molar-refractivity contribution in [2.45, 2.75) is 32.2 Å². The van der Waals surface area contributed by atoms with Crippen molar-refractivity contribution in [3.63, 3.8) is 0 Å². The van der Waals surface area contributed by atoms with Crippen LogP contribution in [0.3, 0.4) is 0 Å². The lowest BCUT2D eigenvalue weighted by atomic mass is 9.96. The summed E-state index contributed by atoms with van der Waals surface area (Å²) in [5.41, 5.74) is 3.10. The van der Waals surface area contributed by atoms with E-state index in [1.807, 2.05) is 7.05 Å². The highest BCUT2D eigenvalue weighted by molar-refractivity contribution is 6.30. The van der Waals surface area contributed by atoms with Gasteiger partial charge in [0.25, 0.3) is 0 Å². The quantitative estimate of drug-likeness (QED) is 0.810. The first-order valence-corrected chi connectivity index (χ1v) is 7.60. The summed E-state index contributed by atoms with van der Waals surface area (Å²) in [6, 6.07) is 13.1. The molecule has 0 radical (unpaired) electrons. The Labute approximate surface area is 131 Å². The second-order valence-corrected chi connectivity index (χ2v) is 6.04. The van der Waals surface area contributed by atoms with E-state index in [4.69, 9.17) is 11.6 Å². The fraction of sp³-hybridized carbons (Fsp3) is 0.333. The number of hydrogen-bond acceptors (Lipinski definition) is 1. The van der Waals surface area contributed by atoms with Crippen LogP contribution in [0, 0.1) is 5.82 Å². The van der Waals surface area contributed by atoms with Crippen molar-refractivity contribution in [2.24, 2.45) is 0 Å². The van der Waals surface area contributed by atoms with Gasteiger partial charge in [-0.05, 0) is 48.7 Å². The van der Waals surface area contributed by atoms with Crippen LogP contribution in [0.1, 0.15) is 42.5 Å². The second kappa shape index (κ2) is 7.06. The highest BCUT2D eigenvalue weighted by Gasteiger charge is 2.15. The first-order chi connectivity index (χ1) is 10.0. The highest BCUT2D eigenvalue weighted by atomic mass is 35.5. The van der Waals surface area contributed by atoms with Crippen LogP contribution in [0.5, 0.6) is 0 Å². The van der Waals surface area contributed by atoms with Gasteiger partial charge in [0.15, 0.2) is 0 Å². The standard InChI is InChI=1S/C18H21ClFN/c1-12(2)14-6-4-13(5-7-14)10-18(21-3)16-11-15(19)8-9-17(16)20/h4-9,11-12,18,21H,10H2,1-3H3. The first-order valence-electron chi connectivity index (χ1n) is 7.22. The van der Waals surface area contributed by atoms with Gasteiger partial charge in [-0.3, -0.25) is 0 Å². The van der Waals surface area contributed by atoms with E-state index in [0.717, 1.165) is 6.42 Å². The fourth-order valence-corrected chi connectivity index (χ4v) is 2.60. The van der Waals surface area contributed by atoms with Crippen molar-refractivity contribution in [2.75, 3.05) is 7.05 Å². The van der Waals surface area contributed by atoms with E-state index in [1.165, 1.54) is 17.2 Å². The molecule has 0 saturated carbocycles. The predicted octanol–water partition coefficient (Wildman–Crippen LogP) is 5.11. The third-order valence-corrected chi connectivity index (χ3v) is 4.00. The zero-order valence-corrected chi connectivity index (χ0v) is 13.4. The fourth-order valence-electron chi connectivity index (χ4n) is 2.42. The predicted molar refractivity (Wildman–Crippen MR) is 87.4 cm³/mol. The van der Waals surface area contributed by atoms with Crippen molar-refractivity contribution in [3.8, 4) is 0 Å². The maximum atomic E-state index is 14.0. The van der Waals surface area contributed by atoms with Gasteiger partial charge in [-0.15, -0.1) is 0 Å². The van der Waals surface area contributed by atoms with E-state index >= 15 is 0 Å². The summed E-state index contributed by atoms with van der Waals surface area (Å²) < 4.78 is 14.0. The Kier molecular flexibility index (Phi) is 5.38. The Balaban J connectivity index is 2.20. The van der Waals surface area contributed by atoms with E-state index in [2.05, 4.69) is 43.4 Å². The van der Waals surface area contributed by atoms with Crippen molar-refractivity contribution in [1.29, 1.82) is 0 Å². The normalized spacial score (nSPS) is 12.7. The van der Waals surface area contributed by atoms with Crippen LogP contribution in [0.4, 0.5) is 4.39 Å². The molecule has 0 fully saturated rings. The van der Waals surface area contributed by atoms with Crippen LogP contribution in [0.15, 0.2) is 42.5 Å². The Morgan fingerprint density at radius 2 is 1.76 bits per heavy atom. The van der Waals surface area contributed by atoms with Crippen molar-refractivity contribution >= 4 is 11.6 Å². The number of nitrogens with one attached hydrogen (secondary N) is 1. The Morgan fingerprint density at radius 3 is 2.33 bits per heavy atom. The van der Waals surface area contributed by atoms with Gasteiger partial charge in [0.05, 0.1) is 0 Å². The van der Waals surface area contributed by atoms with Gasteiger partial charge in [0.1, 0.15) is 5.82 Å². The van der Waals surface area contributed by atoms with Gasteiger partial charge >= 0.3 is 0 Å². The summed E-state index contributed by atoms with van der Waals surface area (Å²) >= 11 is 5.98. The molecule has 3 heteroatoms. The lowest BCUT2D eigenvalue weighted by Gasteiger charge is -2.18. The molecule has 1 N–H and O–H groups in total. The number of hydrogen-bond donors (Lipinski definition) is 1. The Bertz CT molecular complexity index is 593. The molecule has 0 aliphatic heterocycles. The van der Waals surface area contributed by atoms with Gasteiger partial charge in [0.2, 0.25) is 0 Å². The van der Waals surface area contributed by atoms with Gasteiger partial charge in [-0.25, -0.2) is 4.39 Å². The molecule has 112 valence electrons. The van der Waals surface area contributed by atoms with Crippen LogP contribution in [0.25, 0.3) is 0 Å². The molecule has 0 aliphatic carbocycles. The molecule has 2 rings (SSSR count). The van der Waals surface area contributed by atoms with E-state index < -0.39 is 0 Å². The molecule has 0 aromatic heterocycles. The Morgan fingerprint density at radius 1 is 1.10 bits per heavy atom. The summed E-state index contributed by atoms with van der Waals surface area (Å²) in [6.07, 6.45) is 0.728. The lowest BCUT2D eigenvalue weighted by molar-refractivity contribution is 0.534. The SMILES string of the molecule is CNC(Cc1ccc(C(C)C)cc1)c1cc(Cl)ccc1F. The van der Waals surface area contributed by atoms with Crippen LogP contribution < -0.4 is 5.32 Å². The molecule has 0 bridgehead atoms. The van der Waals surface area contributed by atoms with Gasteiger partial charge in [0, 0.05) is 16.6 Å². The van der Waals surface area contributed by atoms with E-state index in [1.54, 1.807) is 12.1 Å². The molecule has 0 heterocycles. The largest absolute Gasteiger partial charge is 0.313 e. The zero-order valence-electron chi connectivity index (χ0n) is 12.7. The number of halogens is 2. The molecule has 0 aliphatic rings. The third-order valence-electron chi connectivity index (χ3n) is 3.77. The summed E-state index contributed by atoms with van der Waals surface area (Å²) in [7, 11) is 1.84. The summed E-state index contributed by atoms with van der Waals surface area (Å²) in [5, 5.41) is 3.73. The summed E-state index contributed by atoms with van der Waals surface area (Å²) in [4.78, 5) is 0.